The number of imidazole rings is 1. The molecule has 1 heterocycles. The number of aryl methyl sites for hydroxylation is 2. The van der Waals surface area contributed by atoms with Crippen LogP contribution in [0.2, 0.25) is 0 Å². The SMILES string of the molecule is CCn1cc[n+](C)c1.F[B-](F)(F)F.O. The Morgan fingerprint density at radius 3 is 1.86 bits per heavy atom. The highest BCUT2D eigenvalue weighted by Crippen LogP contribution is 2.06. The van der Waals surface area contributed by atoms with Crippen LogP contribution >= 0.6 is 0 Å². The van der Waals surface area contributed by atoms with Crippen LogP contribution in [0, 0.1) is 0 Å². The monoisotopic (exact) mass is 216 g/mol. The summed E-state index contributed by atoms with van der Waals surface area (Å²) in [6.07, 6.45) is 6.14. The topological polar surface area (TPSA) is 40.3 Å². The highest BCUT2D eigenvalue weighted by molar-refractivity contribution is 6.50. The maximum absolute atomic E-state index is 9.75. The Balaban J connectivity index is 0. The van der Waals surface area contributed by atoms with Crippen molar-refractivity contribution in [2.75, 3.05) is 0 Å². The number of halogens is 4. The van der Waals surface area contributed by atoms with Crippen LogP contribution in [0.3, 0.4) is 0 Å². The van der Waals surface area contributed by atoms with Crippen LogP contribution in [-0.4, -0.2) is 17.3 Å². The van der Waals surface area contributed by atoms with Crippen LogP contribution in [-0.2, 0) is 13.6 Å². The summed E-state index contributed by atoms with van der Waals surface area (Å²) in [4.78, 5) is 0. The summed E-state index contributed by atoms with van der Waals surface area (Å²) in [6.45, 7) is 3.18. The second kappa shape index (κ2) is 6.42. The van der Waals surface area contributed by atoms with Gasteiger partial charge >= 0.3 is 7.25 Å². The first kappa shape index (κ1) is 15.4. The molecule has 0 aliphatic heterocycles. The molecule has 1 aromatic heterocycles. The fourth-order valence-electron chi connectivity index (χ4n) is 0.689. The first-order chi connectivity index (χ1) is 5.83. The van der Waals surface area contributed by atoms with Crippen molar-refractivity contribution in [1.82, 2.24) is 4.57 Å². The molecule has 0 saturated carbocycles. The van der Waals surface area contributed by atoms with Crippen LogP contribution in [0.15, 0.2) is 18.7 Å². The number of nitrogens with zero attached hydrogens (tertiary/aromatic N) is 2. The van der Waals surface area contributed by atoms with Crippen LogP contribution < -0.4 is 4.57 Å². The van der Waals surface area contributed by atoms with E-state index >= 15 is 0 Å². The molecule has 0 amide bonds. The molecule has 2 N–H and O–H groups in total. The Hall–Kier alpha value is -1.05. The maximum Gasteiger partial charge on any atom is 0.673 e. The van der Waals surface area contributed by atoms with E-state index in [1.807, 2.05) is 17.8 Å². The molecule has 0 fully saturated rings. The molecule has 1 aromatic rings. The minimum atomic E-state index is -6.00. The van der Waals surface area contributed by atoms with Gasteiger partial charge in [-0.2, -0.15) is 0 Å². The zero-order valence-electron chi connectivity index (χ0n) is 7.92. The summed E-state index contributed by atoms with van der Waals surface area (Å²) in [5.74, 6) is 0. The maximum atomic E-state index is 9.75. The normalized spacial score (nSPS) is 9.86. The molecular weight excluding hydrogens is 203 g/mol. The molecule has 0 aliphatic carbocycles. The van der Waals surface area contributed by atoms with E-state index in [0.717, 1.165) is 6.54 Å². The van der Waals surface area contributed by atoms with Gasteiger partial charge in [0.1, 0.15) is 12.4 Å². The van der Waals surface area contributed by atoms with E-state index < -0.39 is 7.25 Å². The molecule has 0 bridgehead atoms. The van der Waals surface area contributed by atoms with Gasteiger partial charge < -0.3 is 22.7 Å². The molecule has 0 radical (unpaired) electrons. The van der Waals surface area contributed by atoms with E-state index in [2.05, 4.69) is 24.0 Å². The predicted octanol–water partition coefficient (Wildman–Crippen LogP) is 0.808. The number of hydrogen-bond acceptors (Lipinski definition) is 0. The Morgan fingerprint density at radius 2 is 1.71 bits per heavy atom. The number of hydrogen-bond donors (Lipinski definition) is 0. The zero-order chi connectivity index (χ0) is 10.5. The molecular formula is C6H13BF4N2O. The molecule has 14 heavy (non-hydrogen) atoms. The van der Waals surface area contributed by atoms with Crippen molar-refractivity contribution in [2.45, 2.75) is 13.5 Å². The summed E-state index contributed by atoms with van der Waals surface area (Å²) < 4.78 is 43.2. The van der Waals surface area contributed by atoms with Gasteiger partial charge in [-0.3, -0.25) is 0 Å². The summed E-state index contributed by atoms with van der Waals surface area (Å²) in [7, 11) is -3.98. The minimum Gasteiger partial charge on any atom is -0.418 e. The van der Waals surface area contributed by atoms with Gasteiger partial charge in [0, 0.05) is 0 Å². The highest BCUT2D eigenvalue weighted by Gasteiger charge is 2.20. The standard InChI is InChI=1S/C6H11N2.BF4.H2O/c1-3-8-5-4-7(2)6-8;2-1(3,4)5;/h4-6H,3H2,1-2H3;;1H2/q+1;-1;. The summed E-state index contributed by atoms with van der Waals surface area (Å²) >= 11 is 0. The molecule has 8 heteroatoms. The third-order valence-electron chi connectivity index (χ3n) is 1.19. The Bertz CT molecular complexity index is 244. The number of rotatable bonds is 1. The predicted molar refractivity (Wildman–Crippen MR) is 45.1 cm³/mol. The van der Waals surface area contributed by atoms with E-state index in [0.29, 0.717) is 0 Å². The van der Waals surface area contributed by atoms with E-state index in [4.69, 9.17) is 0 Å². The van der Waals surface area contributed by atoms with Gasteiger partial charge in [0.05, 0.1) is 13.6 Å². The van der Waals surface area contributed by atoms with Crippen LogP contribution in [0.4, 0.5) is 17.3 Å². The lowest BCUT2D eigenvalue weighted by molar-refractivity contribution is -0.671. The van der Waals surface area contributed by atoms with Gasteiger partial charge in [-0.05, 0) is 6.92 Å². The molecule has 0 aromatic carbocycles. The van der Waals surface area contributed by atoms with Crippen LogP contribution in [0.5, 0.6) is 0 Å². The summed E-state index contributed by atoms with van der Waals surface area (Å²) in [5, 5.41) is 0. The van der Waals surface area contributed by atoms with Gasteiger partial charge in [-0.15, -0.1) is 0 Å². The third-order valence-corrected chi connectivity index (χ3v) is 1.19. The average molecular weight is 216 g/mol. The van der Waals surface area contributed by atoms with Gasteiger partial charge in [0.25, 0.3) is 0 Å². The van der Waals surface area contributed by atoms with Gasteiger partial charge in [0.2, 0.25) is 6.33 Å². The second-order valence-corrected chi connectivity index (χ2v) is 2.40. The first-order valence-corrected chi connectivity index (χ1v) is 3.71. The van der Waals surface area contributed by atoms with Crippen molar-refractivity contribution in [2.24, 2.45) is 7.05 Å². The molecule has 84 valence electrons. The largest absolute Gasteiger partial charge is 0.673 e. The van der Waals surface area contributed by atoms with Crippen LogP contribution in [0.25, 0.3) is 0 Å². The molecule has 0 spiro atoms. The fraction of sp³-hybridized carbons (Fsp3) is 0.500. The molecule has 1 rings (SSSR count). The van der Waals surface area contributed by atoms with E-state index in [1.165, 1.54) is 0 Å². The minimum absolute atomic E-state index is 0. The smallest absolute Gasteiger partial charge is 0.418 e. The van der Waals surface area contributed by atoms with Gasteiger partial charge in [0.15, 0.2) is 0 Å². The summed E-state index contributed by atoms with van der Waals surface area (Å²) in [5.41, 5.74) is 0. The number of aromatic nitrogens is 2. The van der Waals surface area contributed by atoms with Gasteiger partial charge in [-0.1, -0.05) is 0 Å². The van der Waals surface area contributed by atoms with E-state index in [9.17, 15) is 17.3 Å². The Kier molecular flexibility index (Phi) is 7.07. The third kappa shape index (κ3) is 11.0. The van der Waals surface area contributed by atoms with Crippen molar-refractivity contribution >= 4 is 7.25 Å². The Morgan fingerprint density at radius 1 is 1.29 bits per heavy atom. The van der Waals surface area contributed by atoms with Crippen molar-refractivity contribution in [3.63, 3.8) is 0 Å². The zero-order valence-corrected chi connectivity index (χ0v) is 7.92. The van der Waals surface area contributed by atoms with Crippen molar-refractivity contribution in [3.05, 3.63) is 18.7 Å². The van der Waals surface area contributed by atoms with E-state index in [1.54, 1.807) is 0 Å². The van der Waals surface area contributed by atoms with Crippen molar-refractivity contribution in [3.8, 4) is 0 Å². The van der Waals surface area contributed by atoms with E-state index in [-0.39, 0.29) is 5.48 Å². The van der Waals surface area contributed by atoms with Crippen molar-refractivity contribution < 1.29 is 27.3 Å². The highest BCUT2D eigenvalue weighted by atomic mass is 19.5. The second-order valence-electron chi connectivity index (χ2n) is 2.40. The Labute approximate surface area is 79.4 Å². The lowest BCUT2D eigenvalue weighted by Crippen LogP contribution is -2.23. The first-order valence-electron chi connectivity index (χ1n) is 3.71. The molecule has 0 saturated heterocycles. The quantitative estimate of drug-likeness (QED) is 0.378. The fourth-order valence-corrected chi connectivity index (χ4v) is 0.689. The molecule has 3 nitrogen and oxygen atoms in total. The summed E-state index contributed by atoms with van der Waals surface area (Å²) in [6, 6.07) is 0. The van der Waals surface area contributed by atoms with Gasteiger partial charge in [-0.25, -0.2) is 9.13 Å². The molecule has 0 unspecified atom stereocenters. The lowest BCUT2D eigenvalue weighted by atomic mass is 10.3. The molecule has 0 atom stereocenters. The van der Waals surface area contributed by atoms with Crippen LogP contribution in [0.1, 0.15) is 6.92 Å². The average Bonchev–Trinajstić information content (AvgIpc) is 2.31. The van der Waals surface area contributed by atoms with Crippen molar-refractivity contribution in [1.29, 1.82) is 0 Å². The molecule has 0 aliphatic rings. The lowest BCUT2D eigenvalue weighted by Gasteiger charge is -1.94.